The van der Waals surface area contributed by atoms with E-state index in [0.717, 1.165) is 35.5 Å². The molecular formula is C20H26N4O3S. The monoisotopic (exact) mass is 402 g/mol. The van der Waals surface area contributed by atoms with Gasteiger partial charge in [0.15, 0.2) is 5.13 Å². The Balaban J connectivity index is 1.56. The van der Waals surface area contributed by atoms with Crippen LogP contribution in [0.15, 0.2) is 30.5 Å². The number of ether oxygens (including phenoxy) is 1. The van der Waals surface area contributed by atoms with Crippen LogP contribution in [0.5, 0.6) is 5.75 Å². The Labute approximate surface area is 169 Å². The number of hydrogen-bond acceptors (Lipinski definition) is 5. The summed E-state index contributed by atoms with van der Waals surface area (Å²) in [7, 11) is 5.10. The minimum atomic E-state index is -0.202. The summed E-state index contributed by atoms with van der Waals surface area (Å²) < 4.78 is 5.18. The number of amides is 3. The average Bonchev–Trinajstić information content (AvgIpc) is 3.14. The van der Waals surface area contributed by atoms with Gasteiger partial charge in [0.05, 0.1) is 13.0 Å². The van der Waals surface area contributed by atoms with Crippen molar-refractivity contribution in [2.75, 3.05) is 39.6 Å². The van der Waals surface area contributed by atoms with Gasteiger partial charge >= 0.3 is 6.03 Å². The van der Waals surface area contributed by atoms with Crippen LogP contribution >= 0.6 is 11.3 Å². The smallest absolute Gasteiger partial charge is 0.319 e. The maximum absolute atomic E-state index is 12.6. The zero-order valence-electron chi connectivity index (χ0n) is 16.5. The van der Waals surface area contributed by atoms with Crippen molar-refractivity contribution in [3.8, 4) is 5.75 Å². The zero-order valence-corrected chi connectivity index (χ0v) is 17.3. The number of carbonyl (C=O) groups excluding carboxylic acids is 2. The summed E-state index contributed by atoms with van der Waals surface area (Å²) >= 11 is 1.48. The van der Waals surface area contributed by atoms with E-state index in [1.165, 1.54) is 11.3 Å². The molecule has 1 aromatic carbocycles. The number of hydrogen-bond donors (Lipinski definition) is 1. The highest BCUT2D eigenvalue weighted by Gasteiger charge is 2.29. The van der Waals surface area contributed by atoms with E-state index < -0.39 is 0 Å². The molecule has 1 aromatic heterocycles. The molecule has 1 atom stereocenters. The zero-order chi connectivity index (χ0) is 20.1. The molecule has 8 heteroatoms. The molecule has 0 saturated carbocycles. The maximum Gasteiger partial charge on any atom is 0.319 e. The van der Waals surface area contributed by atoms with E-state index in [0.29, 0.717) is 18.2 Å². The van der Waals surface area contributed by atoms with Crippen LogP contribution < -0.4 is 10.1 Å². The molecule has 3 rings (SSSR count). The van der Waals surface area contributed by atoms with Crippen molar-refractivity contribution in [2.24, 2.45) is 5.92 Å². The summed E-state index contributed by atoms with van der Waals surface area (Å²) in [5.74, 6) is 0.559. The summed E-state index contributed by atoms with van der Waals surface area (Å²) in [6.45, 7) is 1.15. The van der Waals surface area contributed by atoms with Gasteiger partial charge in [0.1, 0.15) is 5.75 Å². The molecule has 1 aliphatic rings. The molecule has 3 amide bonds. The highest BCUT2D eigenvalue weighted by atomic mass is 32.1. The first-order valence-corrected chi connectivity index (χ1v) is 10.1. The number of urea groups is 1. The van der Waals surface area contributed by atoms with Crippen LogP contribution in [0.25, 0.3) is 0 Å². The molecule has 1 fully saturated rings. The fourth-order valence-electron chi connectivity index (χ4n) is 3.25. The van der Waals surface area contributed by atoms with Crippen LogP contribution in [-0.2, 0) is 11.2 Å². The fourth-order valence-corrected chi connectivity index (χ4v) is 4.10. The van der Waals surface area contributed by atoms with Crippen LogP contribution in [0.2, 0.25) is 0 Å². The van der Waals surface area contributed by atoms with Crippen molar-refractivity contribution >= 4 is 28.4 Å². The van der Waals surface area contributed by atoms with E-state index in [1.54, 1.807) is 37.2 Å². The first-order chi connectivity index (χ1) is 13.5. The number of nitrogens with zero attached hydrogens (tertiary/aromatic N) is 3. The Bertz CT molecular complexity index is 819. The summed E-state index contributed by atoms with van der Waals surface area (Å²) in [4.78, 5) is 33.5. The molecule has 28 heavy (non-hydrogen) atoms. The van der Waals surface area contributed by atoms with Crippen molar-refractivity contribution in [3.05, 3.63) is 40.9 Å². The molecule has 0 bridgehead atoms. The second-order valence-electron chi connectivity index (χ2n) is 7.11. The molecule has 0 radical (unpaired) electrons. The second kappa shape index (κ2) is 9.05. The van der Waals surface area contributed by atoms with Gasteiger partial charge in [-0.2, -0.15) is 0 Å². The maximum atomic E-state index is 12.6. The lowest BCUT2D eigenvalue weighted by atomic mass is 9.97. The van der Waals surface area contributed by atoms with Crippen molar-refractivity contribution in [2.45, 2.75) is 19.3 Å². The van der Waals surface area contributed by atoms with E-state index in [-0.39, 0.29) is 17.9 Å². The van der Waals surface area contributed by atoms with Crippen LogP contribution in [0, 0.1) is 5.92 Å². The van der Waals surface area contributed by atoms with Gasteiger partial charge in [0.2, 0.25) is 5.91 Å². The average molecular weight is 403 g/mol. The molecule has 1 aliphatic heterocycles. The van der Waals surface area contributed by atoms with Gasteiger partial charge in [-0.25, -0.2) is 9.78 Å². The minimum Gasteiger partial charge on any atom is -0.497 e. The Kier molecular flexibility index (Phi) is 6.51. The van der Waals surface area contributed by atoms with Crippen molar-refractivity contribution in [3.63, 3.8) is 0 Å². The van der Waals surface area contributed by atoms with Gasteiger partial charge in [0.25, 0.3) is 0 Å². The second-order valence-corrected chi connectivity index (χ2v) is 8.22. The normalized spacial score (nSPS) is 16.5. The van der Waals surface area contributed by atoms with Crippen molar-refractivity contribution in [1.82, 2.24) is 14.8 Å². The number of rotatable bonds is 5. The lowest BCUT2D eigenvalue weighted by Gasteiger charge is -2.33. The van der Waals surface area contributed by atoms with Gasteiger partial charge in [-0.15, -0.1) is 11.3 Å². The number of nitrogens with one attached hydrogen (secondary N) is 1. The number of anilines is 1. The van der Waals surface area contributed by atoms with Crippen LogP contribution in [-0.4, -0.2) is 61.0 Å². The largest absolute Gasteiger partial charge is 0.497 e. The first kappa shape index (κ1) is 20.1. The Morgan fingerprint density at radius 3 is 2.75 bits per heavy atom. The molecule has 7 nitrogen and oxygen atoms in total. The number of methoxy groups -OCH3 is 1. The number of aromatic nitrogens is 1. The van der Waals surface area contributed by atoms with Gasteiger partial charge < -0.3 is 19.9 Å². The van der Waals surface area contributed by atoms with Crippen LogP contribution in [0.1, 0.15) is 23.3 Å². The topological polar surface area (TPSA) is 74.8 Å². The predicted octanol–water partition coefficient (Wildman–Crippen LogP) is 3.07. The summed E-state index contributed by atoms with van der Waals surface area (Å²) in [5, 5.41) is 3.52. The third-order valence-corrected chi connectivity index (χ3v) is 5.68. The SMILES string of the molecule is COc1ccc(Cc2cnc(NC(=O)[C@@H]3CCCN(C(=O)N(C)C)C3)s2)cc1. The van der Waals surface area contributed by atoms with E-state index in [9.17, 15) is 9.59 Å². The lowest BCUT2D eigenvalue weighted by Crippen LogP contribution is -2.47. The van der Waals surface area contributed by atoms with Crippen LogP contribution in [0.3, 0.4) is 0 Å². The van der Waals surface area contributed by atoms with E-state index in [1.807, 2.05) is 24.3 Å². The molecule has 0 unspecified atom stereocenters. The molecule has 150 valence electrons. The third kappa shape index (κ3) is 5.01. The molecule has 2 heterocycles. The highest BCUT2D eigenvalue weighted by Crippen LogP contribution is 2.24. The molecule has 0 aliphatic carbocycles. The Morgan fingerprint density at radius 1 is 1.32 bits per heavy atom. The Hall–Kier alpha value is -2.61. The Morgan fingerprint density at radius 2 is 2.07 bits per heavy atom. The van der Waals surface area contributed by atoms with E-state index in [2.05, 4.69) is 10.3 Å². The predicted molar refractivity (Wildman–Crippen MR) is 110 cm³/mol. The molecule has 2 aromatic rings. The standard InChI is InChI=1S/C20H26N4O3S/c1-23(2)20(26)24-10-4-5-15(13-24)18(25)22-19-21-12-17(28-19)11-14-6-8-16(27-3)9-7-14/h6-9,12,15H,4-5,10-11,13H2,1-3H3,(H,21,22,25)/t15-/m1/s1. The van der Waals surface area contributed by atoms with Crippen molar-refractivity contribution < 1.29 is 14.3 Å². The third-order valence-electron chi connectivity index (χ3n) is 4.77. The summed E-state index contributed by atoms with van der Waals surface area (Å²) in [5.41, 5.74) is 1.16. The van der Waals surface area contributed by atoms with Gasteiger partial charge in [-0.1, -0.05) is 12.1 Å². The number of thiazole rings is 1. The van der Waals surface area contributed by atoms with E-state index in [4.69, 9.17) is 4.74 Å². The summed E-state index contributed by atoms with van der Waals surface area (Å²) in [6, 6.07) is 7.87. The van der Waals surface area contributed by atoms with Gasteiger partial charge in [0, 0.05) is 44.7 Å². The van der Waals surface area contributed by atoms with Crippen LogP contribution in [0.4, 0.5) is 9.93 Å². The number of benzene rings is 1. The molecular weight excluding hydrogens is 376 g/mol. The highest BCUT2D eigenvalue weighted by molar-refractivity contribution is 7.15. The van der Waals surface area contributed by atoms with E-state index >= 15 is 0 Å². The van der Waals surface area contributed by atoms with Gasteiger partial charge in [-0.05, 0) is 30.5 Å². The lowest BCUT2D eigenvalue weighted by molar-refractivity contribution is -0.121. The number of piperidine rings is 1. The first-order valence-electron chi connectivity index (χ1n) is 9.31. The van der Waals surface area contributed by atoms with Crippen molar-refractivity contribution in [1.29, 1.82) is 0 Å². The quantitative estimate of drug-likeness (QED) is 0.834. The molecule has 0 spiro atoms. The number of carbonyl (C=O) groups is 2. The molecule has 1 saturated heterocycles. The molecule has 1 N–H and O–H groups in total. The summed E-state index contributed by atoms with van der Waals surface area (Å²) in [6.07, 6.45) is 4.17. The van der Waals surface area contributed by atoms with Gasteiger partial charge in [-0.3, -0.25) is 4.79 Å². The number of likely N-dealkylation sites (tertiary alicyclic amines) is 1. The fraction of sp³-hybridized carbons (Fsp3) is 0.450. The minimum absolute atomic E-state index is 0.0477.